The summed E-state index contributed by atoms with van der Waals surface area (Å²) >= 11 is 1.42. The summed E-state index contributed by atoms with van der Waals surface area (Å²) < 4.78 is 5.55. The molecule has 36 heavy (non-hydrogen) atoms. The lowest BCUT2D eigenvalue weighted by molar-refractivity contribution is 0.0767. The Labute approximate surface area is 213 Å². The van der Waals surface area contributed by atoms with Crippen molar-refractivity contribution in [2.45, 2.75) is 43.1 Å². The van der Waals surface area contributed by atoms with E-state index in [1.165, 1.54) is 16.7 Å². The molecule has 0 unspecified atom stereocenters. The summed E-state index contributed by atoms with van der Waals surface area (Å²) in [6.07, 6.45) is 2.24. The molecule has 188 valence electrons. The Kier molecular flexibility index (Phi) is 6.87. The maximum absolute atomic E-state index is 12.9. The van der Waals surface area contributed by atoms with E-state index in [2.05, 4.69) is 11.0 Å². The zero-order valence-electron chi connectivity index (χ0n) is 20.0. The lowest BCUT2D eigenvalue weighted by Crippen LogP contribution is -2.55. The molecule has 3 aliphatic rings. The second-order valence-corrected chi connectivity index (χ2v) is 10.1. The number of ether oxygens (including phenoxy) is 1. The quantitative estimate of drug-likeness (QED) is 0.477. The van der Waals surface area contributed by atoms with E-state index >= 15 is 0 Å². The lowest BCUT2D eigenvalue weighted by Gasteiger charge is -2.41. The molecule has 1 aromatic heterocycles. The third-order valence-corrected chi connectivity index (χ3v) is 7.72. The van der Waals surface area contributed by atoms with Crippen LogP contribution in [0.2, 0.25) is 0 Å². The molecule has 2 fully saturated rings. The van der Waals surface area contributed by atoms with Gasteiger partial charge in [0.25, 0.3) is 0 Å². The molecule has 2 bridgehead atoms. The number of thioether (sulfide) groups is 1. The van der Waals surface area contributed by atoms with Gasteiger partial charge < -0.3 is 19.6 Å². The minimum absolute atomic E-state index is 0.178. The predicted molar refractivity (Wildman–Crippen MR) is 133 cm³/mol. The number of nitrogens with zero attached hydrogens (tertiary/aromatic N) is 6. The van der Waals surface area contributed by atoms with Crippen molar-refractivity contribution in [3.05, 3.63) is 47.2 Å². The molecule has 11 heteroatoms. The predicted octanol–water partition coefficient (Wildman–Crippen LogP) is 3.54. The highest BCUT2D eigenvalue weighted by atomic mass is 32.2. The molecule has 2 aromatic rings. The van der Waals surface area contributed by atoms with Gasteiger partial charge in [-0.15, -0.1) is 0 Å². The maximum Gasteiger partial charge on any atom is 0.410 e. The first kappa shape index (κ1) is 24.2. The minimum atomic E-state index is -0.919. The average molecular weight is 509 g/mol. The van der Waals surface area contributed by atoms with E-state index in [0.717, 1.165) is 35.5 Å². The highest BCUT2D eigenvalue weighted by molar-refractivity contribution is 7.98. The van der Waals surface area contributed by atoms with Crippen molar-refractivity contribution in [2.24, 2.45) is 5.92 Å². The number of hydrogen-bond donors (Lipinski definition) is 1. The van der Waals surface area contributed by atoms with Gasteiger partial charge in [-0.25, -0.2) is 19.6 Å². The van der Waals surface area contributed by atoms with Crippen LogP contribution >= 0.6 is 11.8 Å². The van der Waals surface area contributed by atoms with Crippen LogP contribution in [-0.4, -0.2) is 75.5 Å². The van der Waals surface area contributed by atoms with E-state index in [-0.39, 0.29) is 31.0 Å². The second-order valence-electron chi connectivity index (χ2n) is 9.35. The molecule has 1 aromatic carbocycles. The fraction of sp³-hybridized carbons (Fsp3) is 0.480. The smallest absolute Gasteiger partial charge is 0.410 e. The number of carbonyl (C=O) groups is 2. The van der Waals surface area contributed by atoms with Crippen molar-refractivity contribution in [1.82, 2.24) is 19.8 Å². The van der Waals surface area contributed by atoms with Gasteiger partial charge in [-0.1, -0.05) is 42.1 Å². The van der Waals surface area contributed by atoms with Crippen LogP contribution in [0.25, 0.3) is 0 Å². The Bertz CT molecular complexity index is 1190. The zero-order chi connectivity index (χ0) is 25.2. The van der Waals surface area contributed by atoms with Crippen molar-refractivity contribution in [1.29, 1.82) is 5.26 Å². The summed E-state index contributed by atoms with van der Waals surface area (Å²) in [5.41, 5.74) is 2.69. The van der Waals surface area contributed by atoms with E-state index in [0.29, 0.717) is 31.3 Å². The number of fused-ring (bicyclic) bond motifs is 4. The summed E-state index contributed by atoms with van der Waals surface area (Å²) in [4.78, 5) is 39.6. The van der Waals surface area contributed by atoms with Crippen LogP contribution in [0, 0.1) is 17.2 Å². The number of carboxylic acid groups (broad SMARTS) is 1. The minimum Gasteiger partial charge on any atom is -0.465 e. The van der Waals surface area contributed by atoms with E-state index in [1.54, 1.807) is 4.90 Å². The van der Waals surface area contributed by atoms with Gasteiger partial charge in [0.2, 0.25) is 0 Å². The molecule has 0 saturated carbocycles. The first-order valence-corrected chi connectivity index (χ1v) is 13.2. The number of benzene rings is 1. The van der Waals surface area contributed by atoms with E-state index < -0.39 is 12.2 Å². The maximum atomic E-state index is 12.9. The van der Waals surface area contributed by atoms with Gasteiger partial charge in [-0.3, -0.25) is 4.90 Å². The SMILES string of the molecule is CSc1nc2c(c(N3CCN(C(=O)OCc4ccccc4)[C@@H](CC#N)C3)n1)C[C@H]1C[C@@H]2N(C(=O)O)C1. The molecule has 0 radical (unpaired) electrons. The molecular formula is C25H28N6O4S. The number of amides is 2. The molecule has 2 saturated heterocycles. The molecule has 3 atom stereocenters. The van der Waals surface area contributed by atoms with Gasteiger partial charge in [0.15, 0.2) is 5.16 Å². The summed E-state index contributed by atoms with van der Waals surface area (Å²) in [6.45, 7) is 2.07. The van der Waals surface area contributed by atoms with Crippen LogP contribution in [0.3, 0.4) is 0 Å². The third-order valence-electron chi connectivity index (χ3n) is 7.17. The molecule has 0 spiro atoms. The van der Waals surface area contributed by atoms with Gasteiger partial charge >= 0.3 is 12.2 Å². The zero-order valence-corrected chi connectivity index (χ0v) is 20.9. The van der Waals surface area contributed by atoms with Crippen LogP contribution in [-0.2, 0) is 17.8 Å². The molecular weight excluding hydrogens is 480 g/mol. The molecule has 1 aliphatic carbocycles. The Morgan fingerprint density at radius 3 is 2.72 bits per heavy atom. The van der Waals surface area contributed by atoms with Gasteiger partial charge in [-0.05, 0) is 30.6 Å². The van der Waals surface area contributed by atoms with E-state index in [4.69, 9.17) is 14.7 Å². The standard InChI is InChI=1S/C25H28N6O4S/c1-36-23-27-21-19(11-17-12-20(21)31(13-17)24(32)33)22(28-23)29-9-10-30(18(14-29)7-8-26)25(34)35-15-16-5-3-2-4-6-16/h2-6,17-18,20H,7,9-15H2,1H3,(H,32,33)/t17-,18-,20-/m0/s1. The van der Waals surface area contributed by atoms with Gasteiger partial charge in [0, 0.05) is 31.7 Å². The van der Waals surface area contributed by atoms with E-state index in [1.807, 2.05) is 36.6 Å². The fourth-order valence-corrected chi connectivity index (χ4v) is 5.86. The van der Waals surface area contributed by atoms with Crippen molar-refractivity contribution >= 4 is 29.8 Å². The summed E-state index contributed by atoms with van der Waals surface area (Å²) in [5, 5.41) is 19.8. The summed E-state index contributed by atoms with van der Waals surface area (Å²) in [5.74, 6) is 1.04. The number of carbonyl (C=O) groups excluding carboxylic acids is 1. The summed E-state index contributed by atoms with van der Waals surface area (Å²) in [7, 11) is 0. The Hall–Kier alpha value is -3.52. The topological polar surface area (TPSA) is 123 Å². The van der Waals surface area contributed by atoms with Crippen LogP contribution in [0.4, 0.5) is 15.4 Å². The number of hydrogen-bond acceptors (Lipinski definition) is 8. The molecule has 3 heterocycles. The average Bonchev–Trinajstić information content (AvgIpc) is 3.25. The molecule has 1 N–H and O–H groups in total. The Morgan fingerprint density at radius 2 is 2.00 bits per heavy atom. The molecule has 10 nitrogen and oxygen atoms in total. The fourth-order valence-electron chi connectivity index (χ4n) is 5.49. The van der Waals surface area contributed by atoms with Crippen molar-refractivity contribution in [3.63, 3.8) is 0 Å². The van der Waals surface area contributed by atoms with Crippen LogP contribution in [0.1, 0.15) is 35.7 Å². The highest BCUT2D eigenvalue weighted by Crippen LogP contribution is 2.45. The normalized spacial score (nSPS) is 22.7. The van der Waals surface area contributed by atoms with Crippen LogP contribution in [0.5, 0.6) is 0 Å². The Balaban J connectivity index is 1.37. The van der Waals surface area contributed by atoms with Gasteiger partial charge in [-0.2, -0.15) is 5.26 Å². The molecule has 2 amide bonds. The number of anilines is 1. The molecule has 5 rings (SSSR count). The van der Waals surface area contributed by atoms with Crippen molar-refractivity contribution < 1.29 is 19.4 Å². The number of piperazine rings is 1. The Morgan fingerprint density at radius 1 is 1.19 bits per heavy atom. The first-order valence-electron chi connectivity index (χ1n) is 12.0. The number of likely N-dealkylation sites (tertiary alicyclic amines) is 1. The number of aromatic nitrogens is 2. The van der Waals surface area contributed by atoms with Crippen LogP contribution < -0.4 is 4.90 Å². The van der Waals surface area contributed by atoms with Crippen molar-refractivity contribution in [2.75, 3.05) is 37.3 Å². The second kappa shape index (κ2) is 10.2. The largest absolute Gasteiger partial charge is 0.465 e. The van der Waals surface area contributed by atoms with Crippen molar-refractivity contribution in [3.8, 4) is 6.07 Å². The van der Waals surface area contributed by atoms with Gasteiger partial charge in [0.1, 0.15) is 12.4 Å². The third kappa shape index (κ3) is 4.65. The number of rotatable bonds is 5. The molecule has 2 aliphatic heterocycles. The number of nitriles is 1. The van der Waals surface area contributed by atoms with E-state index in [9.17, 15) is 20.0 Å². The van der Waals surface area contributed by atoms with Crippen LogP contribution in [0.15, 0.2) is 35.5 Å². The highest BCUT2D eigenvalue weighted by Gasteiger charge is 2.44. The summed E-state index contributed by atoms with van der Waals surface area (Å²) in [6, 6.07) is 11.1. The first-order chi connectivity index (χ1) is 17.5. The lowest BCUT2D eigenvalue weighted by atomic mass is 9.87. The monoisotopic (exact) mass is 508 g/mol. The van der Waals surface area contributed by atoms with Gasteiger partial charge in [0.05, 0.1) is 30.3 Å².